The van der Waals surface area contributed by atoms with Crippen molar-refractivity contribution in [3.05, 3.63) is 21.7 Å². The fourth-order valence-corrected chi connectivity index (χ4v) is 2.09. The van der Waals surface area contributed by atoms with E-state index in [2.05, 4.69) is 15.9 Å². The number of phenolic OH excluding ortho intramolecular Hbond substituents is 1. The monoisotopic (exact) mass is 273 g/mol. The zero-order chi connectivity index (χ0) is 11.6. The fraction of sp³-hybridized carbons (Fsp3) is 0.455. The summed E-state index contributed by atoms with van der Waals surface area (Å²) < 4.78 is 6.08. The number of methoxy groups -OCH3 is 1. The Morgan fingerprint density at radius 3 is 2.67 bits per heavy atom. The summed E-state index contributed by atoms with van der Waals surface area (Å²) in [7, 11) is 1.55. The van der Waals surface area contributed by atoms with Gasteiger partial charge in [0, 0.05) is 10.0 Å². The summed E-state index contributed by atoms with van der Waals surface area (Å²) in [4.78, 5) is 0. The average molecular weight is 274 g/mol. The lowest BCUT2D eigenvalue weighted by Gasteiger charge is -2.19. The van der Waals surface area contributed by atoms with Crippen molar-refractivity contribution >= 4 is 15.9 Å². The van der Waals surface area contributed by atoms with Crippen molar-refractivity contribution in [2.75, 3.05) is 13.7 Å². The predicted molar refractivity (Wildman–Crippen MR) is 64.6 cm³/mol. The number of hydrogen-bond acceptors (Lipinski definition) is 3. The standard InChI is InChI=1S/C11H16BrNO2/c1-6(5-13)10-7(2)8(12)4-9(14)11(10)15-3/h4,6,14H,5,13H2,1-3H3. The van der Waals surface area contributed by atoms with Crippen molar-refractivity contribution in [1.82, 2.24) is 0 Å². The summed E-state index contributed by atoms with van der Waals surface area (Å²) in [6, 6.07) is 1.64. The first kappa shape index (κ1) is 12.3. The molecule has 0 saturated heterocycles. The van der Waals surface area contributed by atoms with E-state index in [1.54, 1.807) is 13.2 Å². The zero-order valence-corrected chi connectivity index (χ0v) is 10.8. The van der Waals surface area contributed by atoms with Crippen LogP contribution in [0.2, 0.25) is 0 Å². The molecule has 0 radical (unpaired) electrons. The van der Waals surface area contributed by atoms with Crippen LogP contribution in [0.1, 0.15) is 24.0 Å². The molecular formula is C11H16BrNO2. The number of benzene rings is 1. The van der Waals surface area contributed by atoms with Crippen LogP contribution in [0.5, 0.6) is 11.5 Å². The Kier molecular flexibility index (Phi) is 3.99. The second kappa shape index (κ2) is 4.86. The van der Waals surface area contributed by atoms with Crippen LogP contribution >= 0.6 is 15.9 Å². The number of hydrogen-bond donors (Lipinski definition) is 2. The SMILES string of the molecule is COc1c(O)cc(Br)c(C)c1C(C)CN. The van der Waals surface area contributed by atoms with Crippen molar-refractivity contribution in [3.63, 3.8) is 0 Å². The Labute approximate surface area is 98.4 Å². The van der Waals surface area contributed by atoms with E-state index >= 15 is 0 Å². The molecule has 1 unspecified atom stereocenters. The van der Waals surface area contributed by atoms with Crippen molar-refractivity contribution in [1.29, 1.82) is 0 Å². The van der Waals surface area contributed by atoms with E-state index < -0.39 is 0 Å². The highest BCUT2D eigenvalue weighted by Crippen LogP contribution is 2.40. The highest BCUT2D eigenvalue weighted by Gasteiger charge is 2.18. The van der Waals surface area contributed by atoms with Crippen molar-refractivity contribution in [2.24, 2.45) is 5.73 Å². The molecule has 15 heavy (non-hydrogen) atoms. The molecular weight excluding hydrogens is 258 g/mol. The lowest BCUT2D eigenvalue weighted by atomic mass is 9.95. The molecule has 1 aromatic carbocycles. The Bertz CT molecular complexity index is 366. The summed E-state index contributed by atoms with van der Waals surface area (Å²) in [5.41, 5.74) is 7.67. The van der Waals surface area contributed by atoms with Crippen LogP contribution in [-0.4, -0.2) is 18.8 Å². The summed E-state index contributed by atoms with van der Waals surface area (Å²) >= 11 is 3.40. The van der Waals surface area contributed by atoms with Gasteiger partial charge in [0.05, 0.1) is 7.11 Å². The number of ether oxygens (including phenoxy) is 1. The van der Waals surface area contributed by atoms with Crippen LogP contribution in [0.4, 0.5) is 0 Å². The van der Waals surface area contributed by atoms with Gasteiger partial charge in [0.15, 0.2) is 11.5 Å². The third-order valence-corrected chi connectivity index (χ3v) is 3.38. The molecule has 0 aliphatic rings. The first-order valence-electron chi connectivity index (χ1n) is 4.78. The minimum Gasteiger partial charge on any atom is -0.504 e. The van der Waals surface area contributed by atoms with Crippen LogP contribution in [0.25, 0.3) is 0 Å². The maximum absolute atomic E-state index is 9.75. The lowest BCUT2D eigenvalue weighted by Crippen LogP contribution is -2.11. The Hall–Kier alpha value is -0.740. The minimum atomic E-state index is 0.144. The number of rotatable bonds is 3. The van der Waals surface area contributed by atoms with Crippen LogP contribution in [0.3, 0.4) is 0 Å². The van der Waals surface area contributed by atoms with Gasteiger partial charge in [-0.3, -0.25) is 0 Å². The van der Waals surface area contributed by atoms with Gasteiger partial charge >= 0.3 is 0 Å². The molecule has 0 aliphatic carbocycles. The van der Waals surface area contributed by atoms with Crippen LogP contribution in [0.15, 0.2) is 10.5 Å². The van der Waals surface area contributed by atoms with Gasteiger partial charge in [-0.15, -0.1) is 0 Å². The molecule has 84 valence electrons. The van der Waals surface area contributed by atoms with Gasteiger partial charge < -0.3 is 15.6 Å². The minimum absolute atomic E-state index is 0.144. The van der Waals surface area contributed by atoms with E-state index in [-0.39, 0.29) is 11.7 Å². The number of nitrogens with two attached hydrogens (primary N) is 1. The molecule has 0 fully saturated rings. The van der Waals surface area contributed by atoms with E-state index in [0.29, 0.717) is 12.3 Å². The number of halogens is 1. The molecule has 0 heterocycles. The largest absolute Gasteiger partial charge is 0.504 e. The molecule has 0 aliphatic heterocycles. The van der Waals surface area contributed by atoms with E-state index in [1.165, 1.54) is 0 Å². The molecule has 0 bridgehead atoms. The molecule has 3 nitrogen and oxygen atoms in total. The third kappa shape index (κ3) is 2.26. The van der Waals surface area contributed by atoms with Crippen molar-refractivity contribution in [2.45, 2.75) is 19.8 Å². The Morgan fingerprint density at radius 1 is 1.60 bits per heavy atom. The predicted octanol–water partition coefficient (Wildman–Crippen LogP) is 2.53. The smallest absolute Gasteiger partial charge is 0.164 e. The topological polar surface area (TPSA) is 55.5 Å². The fourth-order valence-electron chi connectivity index (χ4n) is 1.66. The van der Waals surface area contributed by atoms with Gasteiger partial charge in [0.25, 0.3) is 0 Å². The highest BCUT2D eigenvalue weighted by atomic mass is 79.9. The van der Waals surface area contributed by atoms with Crippen molar-refractivity contribution < 1.29 is 9.84 Å². The molecule has 0 spiro atoms. The summed E-state index contributed by atoms with van der Waals surface area (Å²) in [6.45, 7) is 4.51. The molecule has 3 N–H and O–H groups in total. The number of aromatic hydroxyl groups is 1. The van der Waals surface area contributed by atoms with E-state index in [9.17, 15) is 5.11 Å². The van der Waals surface area contributed by atoms with Crippen LogP contribution < -0.4 is 10.5 Å². The Morgan fingerprint density at radius 2 is 2.20 bits per heavy atom. The van der Waals surface area contributed by atoms with Gasteiger partial charge in [-0.25, -0.2) is 0 Å². The Balaban J connectivity index is 3.43. The first-order valence-corrected chi connectivity index (χ1v) is 5.58. The molecule has 4 heteroatoms. The quantitative estimate of drug-likeness (QED) is 0.890. The van der Waals surface area contributed by atoms with Crippen LogP contribution in [-0.2, 0) is 0 Å². The second-order valence-electron chi connectivity index (χ2n) is 3.59. The van der Waals surface area contributed by atoms with Gasteiger partial charge in [-0.1, -0.05) is 22.9 Å². The molecule has 0 saturated carbocycles. The van der Waals surface area contributed by atoms with Gasteiger partial charge in [-0.05, 0) is 31.0 Å². The molecule has 1 atom stereocenters. The maximum atomic E-state index is 9.75. The first-order chi connectivity index (χ1) is 7.02. The highest BCUT2D eigenvalue weighted by molar-refractivity contribution is 9.10. The van der Waals surface area contributed by atoms with Gasteiger partial charge in [-0.2, -0.15) is 0 Å². The molecule has 0 aromatic heterocycles. The second-order valence-corrected chi connectivity index (χ2v) is 4.44. The van der Waals surface area contributed by atoms with Gasteiger partial charge in [0.2, 0.25) is 0 Å². The molecule has 1 rings (SSSR count). The normalized spacial score (nSPS) is 12.6. The average Bonchev–Trinajstić information content (AvgIpc) is 2.21. The molecule has 0 amide bonds. The van der Waals surface area contributed by atoms with E-state index in [1.807, 2.05) is 13.8 Å². The summed E-state index contributed by atoms with van der Waals surface area (Å²) in [6.07, 6.45) is 0. The summed E-state index contributed by atoms with van der Waals surface area (Å²) in [5.74, 6) is 0.822. The number of phenols is 1. The molecule has 1 aromatic rings. The zero-order valence-electron chi connectivity index (χ0n) is 9.17. The third-order valence-electron chi connectivity index (χ3n) is 2.55. The van der Waals surface area contributed by atoms with Crippen LogP contribution in [0, 0.1) is 6.92 Å². The van der Waals surface area contributed by atoms with Crippen molar-refractivity contribution in [3.8, 4) is 11.5 Å². The maximum Gasteiger partial charge on any atom is 0.164 e. The van der Waals surface area contributed by atoms with Gasteiger partial charge in [0.1, 0.15) is 0 Å². The van der Waals surface area contributed by atoms with E-state index in [4.69, 9.17) is 10.5 Å². The summed E-state index contributed by atoms with van der Waals surface area (Å²) in [5, 5.41) is 9.75. The lowest BCUT2D eigenvalue weighted by molar-refractivity contribution is 0.366. The van der Waals surface area contributed by atoms with E-state index in [0.717, 1.165) is 15.6 Å².